The second-order valence-electron chi connectivity index (χ2n) is 6.46. The summed E-state index contributed by atoms with van der Waals surface area (Å²) >= 11 is 0. The van der Waals surface area contributed by atoms with Crippen molar-refractivity contribution in [1.29, 1.82) is 0 Å². The van der Waals surface area contributed by atoms with Gasteiger partial charge in [-0.05, 0) is 38.8 Å². The van der Waals surface area contributed by atoms with Crippen molar-refractivity contribution in [1.82, 2.24) is 10.2 Å². The minimum atomic E-state index is 0.880. The molecule has 0 saturated heterocycles. The van der Waals surface area contributed by atoms with Crippen LogP contribution in [0.3, 0.4) is 0 Å². The summed E-state index contributed by atoms with van der Waals surface area (Å²) in [6, 6.07) is 0.880. The van der Waals surface area contributed by atoms with Crippen LogP contribution < -0.4 is 5.32 Å². The molecule has 1 N–H and O–H groups in total. The molecule has 2 heteroatoms. The van der Waals surface area contributed by atoms with Crippen LogP contribution in [0.2, 0.25) is 0 Å². The Labute approximate surface area is 114 Å². The highest BCUT2D eigenvalue weighted by atomic mass is 15.1. The number of likely N-dealkylation sites (N-methyl/N-ethyl adjacent to an activating group) is 1. The van der Waals surface area contributed by atoms with Crippen LogP contribution >= 0.6 is 0 Å². The topological polar surface area (TPSA) is 15.3 Å². The number of hydrogen-bond donors (Lipinski definition) is 1. The largest absolute Gasteiger partial charge is 0.315 e. The van der Waals surface area contributed by atoms with E-state index in [1.165, 1.54) is 83.8 Å². The van der Waals surface area contributed by atoms with Crippen LogP contribution in [0.5, 0.6) is 0 Å². The Balaban J connectivity index is 1.45. The maximum absolute atomic E-state index is 3.65. The van der Waals surface area contributed by atoms with Gasteiger partial charge in [-0.2, -0.15) is 0 Å². The molecule has 2 aliphatic carbocycles. The van der Waals surface area contributed by atoms with E-state index >= 15 is 0 Å². The van der Waals surface area contributed by atoms with Crippen LogP contribution in [0.4, 0.5) is 0 Å². The van der Waals surface area contributed by atoms with Gasteiger partial charge < -0.3 is 10.2 Å². The molecule has 0 spiro atoms. The van der Waals surface area contributed by atoms with Crippen LogP contribution in [0.15, 0.2) is 0 Å². The van der Waals surface area contributed by atoms with Gasteiger partial charge in [0.25, 0.3) is 0 Å². The Morgan fingerprint density at radius 2 is 1.56 bits per heavy atom. The molecule has 2 nitrogen and oxygen atoms in total. The van der Waals surface area contributed by atoms with E-state index in [-0.39, 0.29) is 0 Å². The zero-order valence-corrected chi connectivity index (χ0v) is 12.3. The molecule has 2 aliphatic rings. The molecule has 0 aliphatic heterocycles. The van der Waals surface area contributed by atoms with Gasteiger partial charge in [0.2, 0.25) is 0 Å². The molecule has 0 aromatic rings. The summed E-state index contributed by atoms with van der Waals surface area (Å²) in [4.78, 5) is 2.57. The lowest BCUT2D eigenvalue weighted by atomic mass is 9.87. The molecule has 0 aromatic carbocycles. The van der Waals surface area contributed by atoms with Crippen molar-refractivity contribution in [2.24, 2.45) is 5.92 Å². The standard InChI is InChI=1S/C16H32N2/c1-18(16-9-5-6-10-16)14-13-17-12-11-15-7-3-2-4-8-15/h15-17H,2-14H2,1H3. The van der Waals surface area contributed by atoms with Crippen LogP contribution in [0.1, 0.15) is 64.2 Å². The lowest BCUT2D eigenvalue weighted by Gasteiger charge is -2.25. The molecule has 2 rings (SSSR count). The predicted molar refractivity (Wildman–Crippen MR) is 78.9 cm³/mol. The van der Waals surface area contributed by atoms with Gasteiger partial charge in [0.15, 0.2) is 0 Å². The Bertz CT molecular complexity index is 205. The molecule has 0 bridgehead atoms. The maximum atomic E-state index is 3.65. The Hall–Kier alpha value is -0.0800. The molecule has 0 radical (unpaired) electrons. The van der Waals surface area contributed by atoms with E-state index in [0.29, 0.717) is 0 Å². The van der Waals surface area contributed by atoms with Crippen LogP contribution in [-0.2, 0) is 0 Å². The summed E-state index contributed by atoms with van der Waals surface area (Å²) < 4.78 is 0. The van der Waals surface area contributed by atoms with E-state index in [0.717, 1.165) is 12.0 Å². The Morgan fingerprint density at radius 1 is 0.889 bits per heavy atom. The average Bonchev–Trinajstić information content (AvgIpc) is 2.93. The first-order valence-electron chi connectivity index (χ1n) is 8.27. The summed E-state index contributed by atoms with van der Waals surface area (Å²) in [6.07, 6.45) is 14.6. The third-order valence-corrected chi connectivity index (χ3v) is 5.04. The molecule has 18 heavy (non-hydrogen) atoms. The van der Waals surface area contributed by atoms with Crippen molar-refractivity contribution in [2.75, 3.05) is 26.7 Å². The molecule has 106 valence electrons. The van der Waals surface area contributed by atoms with Crippen molar-refractivity contribution < 1.29 is 0 Å². The number of rotatable bonds is 7. The first kappa shape index (κ1) is 14.3. The fourth-order valence-corrected chi connectivity index (χ4v) is 3.69. The third-order valence-electron chi connectivity index (χ3n) is 5.04. The van der Waals surface area contributed by atoms with Crippen LogP contribution in [0.25, 0.3) is 0 Å². The van der Waals surface area contributed by atoms with Gasteiger partial charge in [0.05, 0.1) is 0 Å². The van der Waals surface area contributed by atoms with Crippen molar-refractivity contribution in [3.63, 3.8) is 0 Å². The molecule has 0 amide bonds. The second-order valence-corrected chi connectivity index (χ2v) is 6.46. The first-order valence-corrected chi connectivity index (χ1v) is 8.27. The SMILES string of the molecule is CN(CCNCCC1CCCCC1)C1CCCC1. The van der Waals surface area contributed by atoms with Crippen LogP contribution in [-0.4, -0.2) is 37.6 Å². The molecular weight excluding hydrogens is 220 g/mol. The summed E-state index contributed by atoms with van der Waals surface area (Å²) in [5.41, 5.74) is 0. The normalized spacial score (nSPS) is 23.0. The molecule has 0 aromatic heterocycles. The van der Waals surface area contributed by atoms with Crippen molar-refractivity contribution >= 4 is 0 Å². The van der Waals surface area contributed by atoms with Crippen molar-refractivity contribution in [2.45, 2.75) is 70.3 Å². The van der Waals surface area contributed by atoms with Gasteiger partial charge >= 0.3 is 0 Å². The lowest BCUT2D eigenvalue weighted by molar-refractivity contribution is 0.244. The smallest absolute Gasteiger partial charge is 0.0107 e. The summed E-state index contributed by atoms with van der Waals surface area (Å²) in [7, 11) is 2.30. The Kier molecular flexibility index (Phi) is 6.50. The second kappa shape index (κ2) is 8.16. The van der Waals surface area contributed by atoms with Crippen LogP contribution in [0, 0.1) is 5.92 Å². The highest BCUT2D eigenvalue weighted by Crippen LogP contribution is 2.25. The number of nitrogens with zero attached hydrogens (tertiary/aromatic N) is 1. The van der Waals surface area contributed by atoms with Gasteiger partial charge in [0.1, 0.15) is 0 Å². The first-order chi connectivity index (χ1) is 8.86. The Morgan fingerprint density at radius 3 is 2.28 bits per heavy atom. The predicted octanol–water partition coefficient (Wildman–Crippen LogP) is 3.42. The van der Waals surface area contributed by atoms with Crippen molar-refractivity contribution in [3.05, 3.63) is 0 Å². The molecule has 0 atom stereocenters. The van der Waals surface area contributed by atoms with Gasteiger partial charge in [-0.3, -0.25) is 0 Å². The zero-order valence-electron chi connectivity index (χ0n) is 12.3. The molecule has 0 heterocycles. The highest BCUT2D eigenvalue weighted by molar-refractivity contribution is 4.75. The van der Waals surface area contributed by atoms with E-state index < -0.39 is 0 Å². The van der Waals surface area contributed by atoms with E-state index in [1.54, 1.807) is 0 Å². The molecule has 0 unspecified atom stereocenters. The van der Waals surface area contributed by atoms with E-state index in [2.05, 4.69) is 17.3 Å². The van der Waals surface area contributed by atoms with Crippen molar-refractivity contribution in [3.8, 4) is 0 Å². The third kappa shape index (κ3) is 4.89. The van der Waals surface area contributed by atoms with Gasteiger partial charge in [-0.25, -0.2) is 0 Å². The minimum absolute atomic E-state index is 0.880. The summed E-state index contributed by atoms with van der Waals surface area (Å²) in [5.74, 6) is 1.03. The quantitative estimate of drug-likeness (QED) is 0.698. The number of nitrogens with one attached hydrogen (secondary N) is 1. The van der Waals surface area contributed by atoms with Gasteiger partial charge in [0, 0.05) is 19.1 Å². The average molecular weight is 252 g/mol. The van der Waals surface area contributed by atoms with E-state index in [9.17, 15) is 0 Å². The van der Waals surface area contributed by atoms with E-state index in [1.807, 2.05) is 0 Å². The van der Waals surface area contributed by atoms with Gasteiger partial charge in [-0.15, -0.1) is 0 Å². The summed E-state index contributed by atoms with van der Waals surface area (Å²) in [5, 5.41) is 3.65. The number of hydrogen-bond acceptors (Lipinski definition) is 2. The van der Waals surface area contributed by atoms with Gasteiger partial charge in [-0.1, -0.05) is 44.9 Å². The minimum Gasteiger partial charge on any atom is -0.315 e. The molecule has 2 fully saturated rings. The fraction of sp³-hybridized carbons (Fsp3) is 1.00. The van der Waals surface area contributed by atoms with E-state index in [4.69, 9.17) is 0 Å². The molecular formula is C16H32N2. The monoisotopic (exact) mass is 252 g/mol. The zero-order chi connectivity index (χ0) is 12.6. The highest BCUT2D eigenvalue weighted by Gasteiger charge is 2.18. The maximum Gasteiger partial charge on any atom is 0.0107 e. The lowest BCUT2D eigenvalue weighted by Crippen LogP contribution is -2.36. The molecule has 2 saturated carbocycles. The fourth-order valence-electron chi connectivity index (χ4n) is 3.69. The summed E-state index contributed by atoms with van der Waals surface area (Å²) in [6.45, 7) is 3.65.